The maximum Gasteiger partial charge on any atom is 0.323 e. The lowest BCUT2D eigenvalue weighted by Crippen LogP contribution is -2.34. The number of hydrogen-bond donors (Lipinski definition) is 2. The van der Waals surface area contributed by atoms with Crippen molar-refractivity contribution in [1.82, 2.24) is 15.1 Å². The van der Waals surface area contributed by atoms with Gasteiger partial charge in [-0.1, -0.05) is 48.8 Å². The molecule has 0 bridgehead atoms. The van der Waals surface area contributed by atoms with Crippen LogP contribution in [0.5, 0.6) is 0 Å². The zero-order chi connectivity index (χ0) is 17.8. The van der Waals surface area contributed by atoms with Gasteiger partial charge in [0.1, 0.15) is 5.01 Å². The van der Waals surface area contributed by atoms with Crippen LogP contribution in [-0.2, 0) is 0 Å². The van der Waals surface area contributed by atoms with Crippen LogP contribution in [0.1, 0.15) is 49.5 Å². The van der Waals surface area contributed by atoms with Crippen molar-refractivity contribution >= 4 is 28.2 Å². The van der Waals surface area contributed by atoms with E-state index in [0.717, 1.165) is 23.7 Å². The van der Waals surface area contributed by atoms with E-state index in [0.29, 0.717) is 17.6 Å². The Balaban J connectivity index is 1.29. The van der Waals surface area contributed by atoms with E-state index in [1.165, 1.54) is 43.4 Å². The molecule has 1 aliphatic carbocycles. The van der Waals surface area contributed by atoms with Crippen molar-refractivity contribution in [2.45, 2.75) is 50.5 Å². The van der Waals surface area contributed by atoms with Crippen molar-refractivity contribution < 1.29 is 4.79 Å². The summed E-state index contributed by atoms with van der Waals surface area (Å²) in [5.74, 6) is 0.526. The number of para-hydroxylation sites is 1. The summed E-state index contributed by atoms with van der Waals surface area (Å²) in [7, 11) is 0. The quantitative estimate of drug-likeness (QED) is 0.840. The lowest BCUT2D eigenvalue weighted by atomic mass is 9.90. The molecule has 2 N–H and O–H groups in total. The third kappa shape index (κ3) is 4.15. The Bertz CT molecular complexity index is 729. The number of hydrogen-bond acceptors (Lipinski definition) is 5. The van der Waals surface area contributed by atoms with E-state index >= 15 is 0 Å². The molecule has 2 heterocycles. The molecule has 2 amide bonds. The summed E-state index contributed by atoms with van der Waals surface area (Å²) in [5.41, 5.74) is 1.10. The number of anilines is 2. The summed E-state index contributed by atoms with van der Waals surface area (Å²) in [6, 6.07) is 10.3. The Kier molecular flexibility index (Phi) is 5.34. The van der Waals surface area contributed by atoms with Crippen LogP contribution in [0.4, 0.5) is 15.6 Å². The van der Waals surface area contributed by atoms with Gasteiger partial charge in [-0.25, -0.2) is 4.79 Å². The number of benzene rings is 1. The van der Waals surface area contributed by atoms with Crippen LogP contribution in [0.25, 0.3) is 0 Å². The molecule has 1 aromatic carbocycles. The van der Waals surface area contributed by atoms with Crippen LogP contribution in [0.15, 0.2) is 30.3 Å². The molecule has 26 heavy (non-hydrogen) atoms. The highest BCUT2D eigenvalue weighted by Crippen LogP contribution is 2.35. The van der Waals surface area contributed by atoms with Crippen molar-refractivity contribution in [2.24, 2.45) is 0 Å². The number of amides is 2. The lowest BCUT2D eigenvalue weighted by Gasteiger charge is -2.18. The number of aromatic nitrogens is 2. The van der Waals surface area contributed by atoms with Crippen LogP contribution in [0, 0.1) is 0 Å². The minimum absolute atomic E-state index is 0.0753. The minimum atomic E-state index is -0.0753. The van der Waals surface area contributed by atoms with E-state index in [1.54, 1.807) is 0 Å². The van der Waals surface area contributed by atoms with E-state index in [9.17, 15) is 4.79 Å². The zero-order valence-electron chi connectivity index (χ0n) is 14.9. The summed E-state index contributed by atoms with van der Waals surface area (Å²) < 4.78 is 0. The number of rotatable bonds is 4. The van der Waals surface area contributed by atoms with E-state index in [-0.39, 0.29) is 12.1 Å². The molecular weight excluding hydrogens is 346 g/mol. The van der Waals surface area contributed by atoms with Gasteiger partial charge in [0.25, 0.3) is 0 Å². The number of nitrogens with one attached hydrogen (secondary N) is 2. The first-order valence-electron chi connectivity index (χ1n) is 9.49. The largest absolute Gasteiger partial charge is 0.380 e. The average molecular weight is 372 g/mol. The van der Waals surface area contributed by atoms with E-state index in [4.69, 9.17) is 0 Å². The van der Waals surface area contributed by atoms with Crippen LogP contribution in [-0.4, -0.2) is 40.3 Å². The molecule has 1 atom stereocenters. The molecule has 6 nitrogen and oxygen atoms in total. The average Bonchev–Trinajstić information content (AvgIpc) is 3.33. The van der Waals surface area contributed by atoms with Crippen LogP contribution < -0.4 is 10.6 Å². The van der Waals surface area contributed by atoms with Crippen molar-refractivity contribution in [1.29, 1.82) is 0 Å². The highest BCUT2D eigenvalue weighted by molar-refractivity contribution is 7.15. The van der Waals surface area contributed by atoms with Crippen molar-refractivity contribution in [2.75, 3.05) is 23.7 Å². The maximum absolute atomic E-state index is 12.5. The fraction of sp³-hybridized carbons (Fsp3) is 0.526. The monoisotopic (exact) mass is 371 g/mol. The molecule has 4 rings (SSSR count). The lowest BCUT2D eigenvalue weighted by molar-refractivity contribution is 0.222. The van der Waals surface area contributed by atoms with Crippen molar-refractivity contribution in [3.63, 3.8) is 0 Å². The van der Waals surface area contributed by atoms with Gasteiger partial charge in [-0.2, -0.15) is 0 Å². The summed E-state index contributed by atoms with van der Waals surface area (Å²) in [6.45, 7) is 1.46. The number of carbonyl (C=O) groups excluding carboxylic acids is 1. The second kappa shape index (κ2) is 8.03. The first-order valence-corrected chi connectivity index (χ1v) is 10.3. The van der Waals surface area contributed by atoms with Gasteiger partial charge in [-0.15, -0.1) is 10.2 Å². The Labute approximate surface area is 158 Å². The molecule has 1 saturated heterocycles. The molecule has 2 fully saturated rings. The molecule has 1 saturated carbocycles. The first kappa shape index (κ1) is 17.3. The second-order valence-electron chi connectivity index (χ2n) is 7.15. The van der Waals surface area contributed by atoms with E-state index in [1.807, 2.05) is 23.1 Å². The highest BCUT2D eigenvalue weighted by Gasteiger charge is 2.27. The van der Waals surface area contributed by atoms with Crippen LogP contribution >= 0.6 is 11.3 Å². The van der Waals surface area contributed by atoms with Gasteiger partial charge in [0.2, 0.25) is 5.13 Å². The predicted octanol–water partition coefficient (Wildman–Crippen LogP) is 4.30. The smallest absolute Gasteiger partial charge is 0.323 e. The molecule has 2 aromatic rings. The summed E-state index contributed by atoms with van der Waals surface area (Å²) in [5, 5.41) is 16.6. The standard InChI is InChI=1S/C19H25N5OS/c25-19(21-18-23-22-17(26-18)14-7-3-1-4-8-14)24-12-11-16(13-24)20-15-9-5-2-6-10-15/h2,5-6,9-10,14,16,20H,1,3-4,7-8,11-13H2,(H,21,23,25)/t16-/m0/s1. The molecule has 138 valence electrons. The van der Waals surface area contributed by atoms with Crippen LogP contribution in [0.2, 0.25) is 0 Å². The van der Waals surface area contributed by atoms with Crippen molar-refractivity contribution in [3.05, 3.63) is 35.3 Å². The Morgan fingerprint density at radius 2 is 1.88 bits per heavy atom. The van der Waals surface area contributed by atoms with Gasteiger partial charge in [-0.05, 0) is 31.4 Å². The molecule has 0 radical (unpaired) electrons. The molecule has 0 unspecified atom stereocenters. The van der Waals surface area contributed by atoms with Gasteiger partial charge < -0.3 is 10.2 Å². The summed E-state index contributed by atoms with van der Waals surface area (Å²) >= 11 is 1.53. The molecule has 2 aliphatic rings. The minimum Gasteiger partial charge on any atom is -0.380 e. The van der Waals surface area contributed by atoms with Gasteiger partial charge in [0.15, 0.2) is 0 Å². The van der Waals surface area contributed by atoms with Gasteiger partial charge in [0, 0.05) is 30.7 Å². The SMILES string of the molecule is O=C(Nc1nnc(C2CCCCC2)s1)N1CC[C@H](Nc2ccccc2)C1. The number of nitrogens with zero attached hydrogens (tertiary/aromatic N) is 3. The molecule has 7 heteroatoms. The Hall–Kier alpha value is -2.15. The van der Waals surface area contributed by atoms with Crippen LogP contribution in [0.3, 0.4) is 0 Å². The third-order valence-electron chi connectivity index (χ3n) is 5.23. The summed E-state index contributed by atoms with van der Waals surface area (Å²) in [6.07, 6.45) is 7.21. The third-order valence-corrected chi connectivity index (χ3v) is 6.23. The normalized spacial score (nSPS) is 20.9. The molecular formula is C19H25N5OS. The van der Waals surface area contributed by atoms with E-state index in [2.05, 4.69) is 33.0 Å². The van der Waals surface area contributed by atoms with Gasteiger partial charge >= 0.3 is 6.03 Å². The number of urea groups is 1. The molecule has 0 spiro atoms. The zero-order valence-corrected chi connectivity index (χ0v) is 15.7. The molecule has 1 aromatic heterocycles. The Morgan fingerprint density at radius 1 is 1.08 bits per heavy atom. The first-order chi connectivity index (χ1) is 12.8. The highest BCUT2D eigenvalue weighted by atomic mass is 32.1. The summed E-state index contributed by atoms with van der Waals surface area (Å²) in [4.78, 5) is 14.4. The van der Waals surface area contributed by atoms with Crippen molar-refractivity contribution in [3.8, 4) is 0 Å². The maximum atomic E-state index is 12.5. The fourth-order valence-corrected chi connectivity index (χ4v) is 4.70. The number of carbonyl (C=O) groups is 1. The van der Waals surface area contributed by atoms with Gasteiger partial charge in [0.05, 0.1) is 0 Å². The Morgan fingerprint density at radius 3 is 2.69 bits per heavy atom. The molecule has 1 aliphatic heterocycles. The predicted molar refractivity (Wildman–Crippen MR) is 105 cm³/mol. The number of likely N-dealkylation sites (tertiary alicyclic amines) is 1. The van der Waals surface area contributed by atoms with E-state index < -0.39 is 0 Å². The topological polar surface area (TPSA) is 70.2 Å². The van der Waals surface area contributed by atoms with Gasteiger partial charge in [-0.3, -0.25) is 5.32 Å². The second-order valence-corrected chi connectivity index (χ2v) is 8.16. The fourth-order valence-electron chi connectivity index (χ4n) is 3.80.